The second-order valence-electron chi connectivity index (χ2n) is 3.71. The average Bonchev–Trinajstić information content (AvgIpc) is 2.99. The Morgan fingerprint density at radius 1 is 1.60 bits per heavy atom. The van der Waals surface area contributed by atoms with Gasteiger partial charge in [0, 0.05) is 0 Å². The minimum Gasteiger partial charge on any atom is -0.464 e. The van der Waals surface area contributed by atoms with Gasteiger partial charge in [-0.15, -0.1) is 0 Å². The van der Waals surface area contributed by atoms with Crippen molar-refractivity contribution in [1.29, 1.82) is 0 Å². The molecule has 3 nitrogen and oxygen atoms in total. The first-order valence-corrected chi connectivity index (χ1v) is 5.07. The van der Waals surface area contributed by atoms with Crippen molar-refractivity contribution in [3.63, 3.8) is 0 Å². The summed E-state index contributed by atoms with van der Waals surface area (Å²) in [4.78, 5) is 11.7. The molecule has 0 radical (unpaired) electrons. The second-order valence-corrected chi connectivity index (χ2v) is 3.71. The largest absolute Gasteiger partial charge is 0.464 e. The Balaban J connectivity index is 2.26. The number of carbonyl (C=O) groups excluding carboxylic acids is 1. The number of hydrogen-bond acceptors (Lipinski definition) is 3. The zero-order valence-electron chi connectivity index (χ0n) is 8.95. The van der Waals surface area contributed by atoms with Crippen LogP contribution >= 0.6 is 0 Å². The molecule has 1 aliphatic rings. The van der Waals surface area contributed by atoms with Gasteiger partial charge < -0.3 is 9.47 Å². The van der Waals surface area contributed by atoms with Gasteiger partial charge in [0.1, 0.15) is 0 Å². The summed E-state index contributed by atoms with van der Waals surface area (Å²) in [6.07, 6.45) is 0. The van der Waals surface area contributed by atoms with Crippen molar-refractivity contribution in [3.8, 4) is 0 Å². The van der Waals surface area contributed by atoms with E-state index in [1.165, 1.54) is 0 Å². The van der Waals surface area contributed by atoms with Crippen molar-refractivity contribution in [3.05, 3.63) is 35.4 Å². The van der Waals surface area contributed by atoms with E-state index in [-0.39, 0.29) is 5.97 Å². The lowest BCUT2D eigenvalue weighted by atomic mass is 9.98. The van der Waals surface area contributed by atoms with Crippen LogP contribution in [0.15, 0.2) is 24.3 Å². The molecule has 15 heavy (non-hydrogen) atoms. The molecular weight excluding hydrogens is 192 g/mol. The van der Waals surface area contributed by atoms with Crippen LogP contribution in [-0.4, -0.2) is 19.2 Å². The first-order chi connectivity index (χ1) is 7.19. The van der Waals surface area contributed by atoms with E-state index < -0.39 is 5.60 Å². The summed E-state index contributed by atoms with van der Waals surface area (Å²) in [5, 5.41) is 0. The maximum Gasteiger partial charge on any atom is 0.345 e. The number of hydrogen-bond donors (Lipinski definition) is 0. The Hall–Kier alpha value is -1.35. The highest BCUT2D eigenvalue weighted by atomic mass is 16.6. The Morgan fingerprint density at radius 2 is 2.33 bits per heavy atom. The molecule has 0 spiro atoms. The van der Waals surface area contributed by atoms with Crippen molar-refractivity contribution < 1.29 is 14.3 Å². The monoisotopic (exact) mass is 206 g/mol. The zero-order chi connectivity index (χ0) is 10.9. The summed E-state index contributed by atoms with van der Waals surface area (Å²) in [6.45, 7) is 4.60. The first-order valence-electron chi connectivity index (χ1n) is 5.07. The Bertz CT molecular complexity index is 380. The molecule has 80 valence electrons. The maximum absolute atomic E-state index is 11.7. The highest BCUT2D eigenvalue weighted by molar-refractivity contribution is 5.84. The number of rotatable bonds is 3. The van der Waals surface area contributed by atoms with Crippen LogP contribution in [0, 0.1) is 6.92 Å². The Kier molecular flexibility index (Phi) is 2.49. The molecule has 1 fully saturated rings. The van der Waals surface area contributed by atoms with Gasteiger partial charge in [0.05, 0.1) is 13.2 Å². The molecule has 1 atom stereocenters. The smallest absolute Gasteiger partial charge is 0.345 e. The van der Waals surface area contributed by atoms with Crippen LogP contribution in [0.5, 0.6) is 0 Å². The van der Waals surface area contributed by atoms with E-state index in [4.69, 9.17) is 9.47 Å². The molecule has 1 aromatic carbocycles. The summed E-state index contributed by atoms with van der Waals surface area (Å²) in [5.74, 6) is -0.282. The van der Waals surface area contributed by atoms with Crippen LogP contribution in [0.1, 0.15) is 18.1 Å². The van der Waals surface area contributed by atoms with Crippen LogP contribution in [0.4, 0.5) is 0 Å². The van der Waals surface area contributed by atoms with Gasteiger partial charge in [-0.25, -0.2) is 4.79 Å². The Labute approximate surface area is 89.0 Å². The molecule has 1 heterocycles. The lowest BCUT2D eigenvalue weighted by molar-refractivity contribution is -0.149. The minimum absolute atomic E-state index is 0.282. The molecule has 0 amide bonds. The van der Waals surface area contributed by atoms with Gasteiger partial charge >= 0.3 is 5.97 Å². The second kappa shape index (κ2) is 3.66. The molecule has 1 unspecified atom stereocenters. The molecular formula is C12H14O3. The number of carbonyl (C=O) groups is 1. The van der Waals surface area contributed by atoms with E-state index in [9.17, 15) is 4.79 Å². The molecule has 0 aromatic heterocycles. The van der Waals surface area contributed by atoms with E-state index >= 15 is 0 Å². The van der Waals surface area contributed by atoms with Gasteiger partial charge in [0.25, 0.3) is 0 Å². The molecule has 2 rings (SSSR count). The van der Waals surface area contributed by atoms with Gasteiger partial charge in [-0.05, 0) is 19.4 Å². The lowest BCUT2D eigenvalue weighted by Gasteiger charge is -2.11. The van der Waals surface area contributed by atoms with Gasteiger partial charge in [0.2, 0.25) is 5.60 Å². The summed E-state index contributed by atoms with van der Waals surface area (Å²) in [5.41, 5.74) is 1.19. The molecule has 0 aliphatic carbocycles. The predicted molar refractivity (Wildman–Crippen MR) is 55.4 cm³/mol. The standard InChI is InChI=1S/C12H14O3/c1-3-14-11(13)12(8-15-12)10-6-4-5-9(2)7-10/h4-7H,3,8H2,1-2H3. The molecule has 0 bridgehead atoms. The van der Waals surface area contributed by atoms with Gasteiger partial charge in [-0.3, -0.25) is 0 Å². The van der Waals surface area contributed by atoms with Crippen LogP contribution in [0.3, 0.4) is 0 Å². The fraction of sp³-hybridized carbons (Fsp3) is 0.417. The molecule has 1 saturated heterocycles. The van der Waals surface area contributed by atoms with Crippen molar-refractivity contribution in [2.75, 3.05) is 13.2 Å². The number of epoxide rings is 1. The van der Waals surface area contributed by atoms with E-state index in [2.05, 4.69) is 0 Å². The average molecular weight is 206 g/mol. The number of esters is 1. The van der Waals surface area contributed by atoms with Crippen molar-refractivity contribution >= 4 is 5.97 Å². The van der Waals surface area contributed by atoms with Crippen molar-refractivity contribution in [2.24, 2.45) is 0 Å². The summed E-state index contributed by atoms with van der Waals surface area (Å²) < 4.78 is 10.3. The fourth-order valence-corrected chi connectivity index (χ4v) is 1.62. The quantitative estimate of drug-likeness (QED) is 0.559. The van der Waals surface area contributed by atoms with Crippen LogP contribution in [0.2, 0.25) is 0 Å². The molecule has 0 N–H and O–H groups in total. The predicted octanol–water partition coefficient (Wildman–Crippen LogP) is 1.78. The van der Waals surface area contributed by atoms with Gasteiger partial charge in [-0.1, -0.05) is 29.8 Å². The topological polar surface area (TPSA) is 38.8 Å². The van der Waals surface area contributed by atoms with E-state index in [1.807, 2.05) is 31.2 Å². The molecule has 1 aromatic rings. The van der Waals surface area contributed by atoms with Gasteiger partial charge in [0.15, 0.2) is 0 Å². The minimum atomic E-state index is -0.817. The van der Waals surface area contributed by atoms with E-state index in [1.54, 1.807) is 6.92 Å². The van der Waals surface area contributed by atoms with E-state index in [0.29, 0.717) is 13.2 Å². The Morgan fingerprint density at radius 3 is 2.87 bits per heavy atom. The highest BCUT2D eigenvalue weighted by Gasteiger charge is 2.55. The van der Waals surface area contributed by atoms with Crippen molar-refractivity contribution in [1.82, 2.24) is 0 Å². The number of ether oxygens (including phenoxy) is 2. The van der Waals surface area contributed by atoms with Crippen LogP contribution < -0.4 is 0 Å². The highest BCUT2D eigenvalue weighted by Crippen LogP contribution is 2.40. The third-order valence-corrected chi connectivity index (χ3v) is 2.52. The summed E-state index contributed by atoms with van der Waals surface area (Å²) in [7, 11) is 0. The third-order valence-electron chi connectivity index (χ3n) is 2.52. The van der Waals surface area contributed by atoms with E-state index in [0.717, 1.165) is 11.1 Å². The maximum atomic E-state index is 11.7. The normalized spacial score (nSPS) is 23.6. The first kappa shape index (κ1) is 10.2. The zero-order valence-corrected chi connectivity index (χ0v) is 8.95. The molecule has 1 aliphatic heterocycles. The van der Waals surface area contributed by atoms with Gasteiger partial charge in [-0.2, -0.15) is 0 Å². The molecule has 0 saturated carbocycles. The van der Waals surface area contributed by atoms with Crippen LogP contribution in [0.25, 0.3) is 0 Å². The summed E-state index contributed by atoms with van der Waals surface area (Å²) in [6, 6.07) is 7.78. The number of aryl methyl sites for hydroxylation is 1. The molecule has 3 heteroatoms. The fourth-order valence-electron chi connectivity index (χ4n) is 1.62. The van der Waals surface area contributed by atoms with Crippen molar-refractivity contribution in [2.45, 2.75) is 19.4 Å². The lowest BCUT2D eigenvalue weighted by Crippen LogP contribution is -2.24. The van der Waals surface area contributed by atoms with Crippen LogP contribution in [-0.2, 0) is 19.9 Å². The SMILES string of the molecule is CCOC(=O)C1(c2cccc(C)c2)CO1. The third kappa shape index (κ3) is 1.75. The summed E-state index contributed by atoms with van der Waals surface area (Å²) >= 11 is 0. The number of benzene rings is 1.